The maximum atomic E-state index is 12.2. The topological polar surface area (TPSA) is 44.8 Å². The number of nitrogens with one attached hydrogen (secondary N) is 1. The lowest BCUT2D eigenvalue weighted by Crippen LogP contribution is -2.45. The van der Waals surface area contributed by atoms with E-state index >= 15 is 0 Å². The van der Waals surface area contributed by atoms with Crippen LogP contribution in [0.4, 0.5) is 11.4 Å². The second-order valence-electron chi connectivity index (χ2n) is 7.95. The molecule has 1 aliphatic rings. The van der Waals surface area contributed by atoms with Gasteiger partial charge in [0.15, 0.2) is 6.61 Å². The molecule has 0 aromatic heterocycles. The van der Waals surface area contributed by atoms with Gasteiger partial charge in [0, 0.05) is 44.1 Å². The summed E-state index contributed by atoms with van der Waals surface area (Å²) in [6, 6.07) is 26.4. The number of carbonyl (C=O) groups is 1. The fourth-order valence-corrected chi connectivity index (χ4v) is 3.74. The molecule has 4 rings (SSSR count). The van der Waals surface area contributed by atoms with Gasteiger partial charge < -0.3 is 15.0 Å². The monoisotopic (exact) mass is 415 g/mol. The lowest BCUT2D eigenvalue weighted by atomic mass is 10.2. The number of amides is 1. The van der Waals surface area contributed by atoms with Crippen molar-refractivity contribution in [3.05, 3.63) is 90.0 Å². The van der Waals surface area contributed by atoms with Crippen LogP contribution in [0.5, 0.6) is 5.75 Å². The second kappa shape index (κ2) is 10.1. The number of anilines is 2. The molecule has 0 atom stereocenters. The number of aryl methyl sites for hydroxylation is 1. The van der Waals surface area contributed by atoms with Crippen LogP contribution in [0.25, 0.3) is 0 Å². The highest BCUT2D eigenvalue weighted by atomic mass is 16.5. The first-order chi connectivity index (χ1) is 15.2. The fourth-order valence-electron chi connectivity index (χ4n) is 3.74. The number of benzene rings is 3. The normalized spacial score (nSPS) is 14.3. The summed E-state index contributed by atoms with van der Waals surface area (Å²) in [7, 11) is 0. The van der Waals surface area contributed by atoms with Crippen molar-refractivity contribution < 1.29 is 9.53 Å². The first-order valence-corrected chi connectivity index (χ1v) is 10.8. The first kappa shape index (κ1) is 20.9. The first-order valence-electron chi connectivity index (χ1n) is 10.8. The number of nitrogens with zero attached hydrogens (tertiary/aromatic N) is 2. The largest absolute Gasteiger partial charge is 0.484 e. The van der Waals surface area contributed by atoms with Gasteiger partial charge in [-0.3, -0.25) is 9.69 Å². The average molecular weight is 416 g/mol. The highest BCUT2D eigenvalue weighted by Crippen LogP contribution is 2.20. The van der Waals surface area contributed by atoms with Crippen molar-refractivity contribution in [2.75, 3.05) is 43.0 Å². The van der Waals surface area contributed by atoms with Crippen LogP contribution in [-0.4, -0.2) is 43.6 Å². The van der Waals surface area contributed by atoms with E-state index in [2.05, 4.69) is 57.6 Å². The number of carbonyl (C=O) groups excluding carboxylic acids is 1. The van der Waals surface area contributed by atoms with Crippen LogP contribution in [0, 0.1) is 6.92 Å². The summed E-state index contributed by atoms with van der Waals surface area (Å²) < 4.78 is 5.54. The SMILES string of the molecule is Cc1ccc(OCC(=O)Nc2ccc(N3CCN(Cc4ccccc4)CC3)cc2)cc1. The van der Waals surface area contributed by atoms with Gasteiger partial charge in [0.2, 0.25) is 0 Å². The smallest absolute Gasteiger partial charge is 0.262 e. The molecule has 0 bridgehead atoms. The molecule has 1 saturated heterocycles. The van der Waals surface area contributed by atoms with Gasteiger partial charge in [0.1, 0.15) is 5.75 Å². The van der Waals surface area contributed by atoms with E-state index in [-0.39, 0.29) is 12.5 Å². The molecule has 1 fully saturated rings. The van der Waals surface area contributed by atoms with Gasteiger partial charge in [-0.25, -0.2) is 0 Å². The molecule has 1 aliphatic heterocycles. The molecule has 5 heteroatoms. The van der Waals surface area contributed by atoms with E-state index in [1.165, 1.54) is 11.3 Å². The summed E-state index contributed by atoms with van der Waals surface area (Å²) in [5, 5.41) is 2.90. The van der Waals surface area contributed by atoms with E-state index in [9.17, 15) is 4.79 Å². The standard InChI is InChI=1S/C26H29N3O2/c1-21-7-13-25(14-8-21)31-20-26(30)27-23-9-11-24(12-10-23)29-17-15-28(16-18-29)19-22-5-3-2-4-6-22/h2-14H,15-20H2,1H3,(H,27,30). The third kappa shape index (κ3) is 6.09. The molecular formula is C26H29N3O2. The highest BCUT2D eigenvalue weighted by Gasteiger charge is 2.17. The van der Waals surface area contributed by atoms with Crippen LogP contribution in [0.3, 0.4) is 0 Å². The minimum atomic E-state index is -0.164. The molecule has 3 aromatic rings. The Kier molecular flexibility index (Phi) is 6.85. The van der Waals surface area contributed by atoms with Gasteiger partial charge in [0.25, 0.3) is 5.91 Å². The van der Waals surface area contributed by atoms with Gasteiger partial charge in [-0.1, -0.05) is 48.0 Å². The number of ether oxygens (including phenoxy) is 1. The van der Waals surface area contributed by atoms with Crippen LogP contribution in [0.15, 0.2) is 78.9 Å². The van der Waals surface area contributed by atoms with Gasteiger partial charge in [-0.2, -0.15) is 0 Å². The Morgan fingerprint density at radius 3 is 2.23 bits per heavy atom. The molecule has 1 N–H and O–H groups in total. The van der Waals surface area contributed by atoms with E-state index in [1.54, 1.807) is 0 Å². The van der Waals surface area contributed by atoms with Crippen molar-refractivity contribution in [2.45, 2.75) is 13.5 Å². The quantitative estimate of drug-likeness (QED) is 0.624. The summed E-state index contributed by atoms with van der Waals surface area (Å²) in [5.74, 6) is 0.533. The molecule has 1 heterocycles. The van der Waals surface area contributed by atoms with Crippen LogP contribution >= 0.6 is 0 Å². The molecule has 0 spiro atoms. The molecule has 0 unspecified atom stereocenters. The molecule has 1 amide bonds. The minimum Gasteiger partial charge on any atom is -0.484 e. The molecule has 0 radical (unpaired) electrons. The summed E-state index contributed by atoms with van der Waals surface area (Å²) in [5.41, 5.74) is 4.49. The molecule has 160 valence electrons. The zero-order valence-electron chi connectivity index (χ0n) is 18.0. The Bertz CT molecular complexity index is 964. The van der Waals surface area contributed by atoms with Crippen molar-refractivity contribution in [1.29, 1.82) is 0 Å². The molecule has 3 aromatic carbocycles. The summed E-state index contributed by atoms with van der Waals surface area (Å²) >= 11 is 0. The van der Waals surface area contributed by atoms with E-state index in [1.807, 2.05) is 43.3 Å². The predicted octanol–water partition coefficient (Wildman–Crippen LogP) is 4.33. The Balaban J connectivity index is 1.23. The minimum absolute atomic E-state index is 0.00577. The van der Waals surface area contributed by atoms with E-state index in [0.29, 0.717) is 5.75 Å². The zero-order chi connectivity index (χ0) is 21.5. The van der Waals surface area contributed by atoms with E-state index < -0.39 is 0 Å². The lowest BCUT2D eigenvalue weighted by molar-refractivity contribution is -0.118. The van der Waals surface area contributed by atoms with E-state index in [4.69, 9.17) is 4.74 Å². The molecule has 31 heavy (non-hydrogen) atoms. The molecule has 0 aliphatic carbocycles. The predicted molar refractivity (Wildman–Crippen MR) is 126 cm³/mol. The van der Waals surface area contributed by atoms with Crippen molar-refractivity contribution in [1.82, 2.24) is 4.90 Å². The van der Waals surface area contributed by atoms with Crippen LogP contribution in [-0.2, 0) is 11.3 Å². The van der Waals surface area contributed by atoms with Gasteiger partial charge in [-0.15, -0.1) is 0 Å². The van der Waals surface area contributed by atoms with Gasteiger partial charge >= 0.3 is 0 Å². The van der Waals surface area contributed by atoms with Gasteiger partial charge in [-0.05, 0) is 48.9 Å². The Hall–Kier alpha value is -3.31. The summed E-state index contributed by atoms with van der Waals surface area (Å²) in [4.78, 5) is 17.1. The maximum Gasteiger partial charge on any atom is 0.262 e. The third-order valence-electron chi connectivity index (χ3n) is 5.53. The third-order valence-corrected chi connectivity index (χ3v) is 5.53. The Labute approximate surface area is 184 Å². The van der Waals surface area contributed by atoms with Crippen LogP contribution in [0.2, 0.25) is 0 Å². The van der Waals surface area contributed by atoms with E-state index in [0.717, 1.165) is 44.0 Å². The fraction of sp³-hybridized carbons (Fsp3) is 0.269. The highest BCUT2D eigenvalue weighted by molar-refractivity contribution is 5.92. The maximum absolute atomic E-state index is 12.2. The second-order valence-corrected chi connectivity index (χ2v) is 7.95. The number of piperazine rings is 1. The zero-order valence-corrected chi connectivity index (χ0v) is 18.0. The Morgan fingerprint density at radius 2 is 1.55 bits per heavy atom. The summed E-state index contributed by atoms with van der Waals surface area (Å²) in [6.07, 6.45) is 0. The molecule has 0 saturated carbocycles. The molecular weight excluding hydrogens is 386 g/mol. The van der Waals surface area contributed by atoms with Crippen molar-refractivity contribution in [3.63, 3.8) is 0 Å². The van der Waals surface area contributed by atoms with Crippen molar-refractivity contribution in [2.24, 2.45) is 0 Å². The Morgan fingerprint density at radius 1 is 0.871 bits per heavy atom. The number of hydrogen-bond donors (Lipinski definition) is 1. The number of rotatable bonds is 7. The van der Waals surface area contributed by atoms with Gasteiger partial charge in [0.05, 0.1) is 0 Å². The number of hydrogen-bond acceptors (Lipinski definition) is 4. The van der Waals surface area contributed by atoms with Crippen molar-refractivity contribution in [3.8, 4) is 5.75 Å². The van der Waals surface area contributed by atoms with Crippen LogP contribution in [0.1, 0.15) is 11.1 Å². The van der Waals surface area contributed by atoms with Crippen LogP contribution < -0.4 is 15.0 Å². The average Bonchev–Trinajstić information content (AvgIpc) is 2.80. The molecule has 5 nitrogen and oxygen atoms in total. The summed E-state index contributed by atoms with van der Waals surface area (Å²) in [6.45, 7) is 7.11. The lowest BCUT2D eigenvalue weighted by Gasteiger charge is -2.36. The van der Waals surface area contributed by atoms with Crippen molar-refractivity contribution >= 4 is 17.3 Å².